The molecule has 0 unspecified atom stereocenters. The van der Waals surface area contributed by atoms with Crippen LogP contribution in [0.1, 0.15) is 16.1 Å². The summed E-state index contributed by atoms with van der Waals surface area (Å²) < 4.78 is 29.9. The maximum atomic E-state index is 10.6. The minimum atomic E-state index is -4.03. The second kappa shape index (κ2) is 6.78. The third-order valence-corrected chi connectivity index (χ3v) is 3.28. The molecule has 2 N–H and O–H groups in total. The van der Waals surface area contributed by atoms with Crippen molar-refractivity contribution in [2.45, 2.75) is 11.8 Å². The lowest BCUT2D eigenvalue weighted by Gasteiger charge is -1.99. The van der Waals surface area contributed by atoms with E-state index in [0.717, 1.165) is 0 Å². The molecule has 0 atom stereocenters. The number of rotatable bonds is 2. The van der Waals surface area contributed by atoms with Gasteiger partial charge in [0.1, 0.15) is 11.4 Å². The Bertz CT molecular complexity index is 680. The molecule has 1 aromatic heterocycles. The third kappa shape index (κ3) is 4.79. The normalized spacial score (nSPS) is 10.3. The van der Waals surface area contributed by atoms with Gasteiger partial charge in [-0.1, -0.05) is 18.2 Å². The van der Waals surface area contributed by atoms with Gasteiger partial charge in [-0.15, -0.1) is 0 Å². The van der Waals surface area contributed by atoms with Crippen LogP contribution in [-0.2, 0) is 10.1 Å². The molecule has 0 aliphatic heterocycles. The van der Waals surface area contributed by atoms with Crippen LogP contribution >= 0.6 is 0 Å². The molecule has 0 radical (unpaired) electrons. The Morgan fingerprint density at radius 1 is 1.15 bits per heavy atom. The van der Waals surface area contributed by atoms with Gasteiger partial charge in [0.05, 0.1) is 11.1 Å². The monoisotopic (exact) mass is 295 g/mol. The quantitative estimate of drug-likeness (QED) is 0.647. The van der Waals surface area contributed by atoms with E-state index in [1.807, 2.05) is 0 Å². The van der Waals surface area contributed by atoms with Crippen molar-refractivity contribution in [1.82, 2.24) is 4.98 Å². The predicted octanol–water partition coefficient (Wildman–Crippen LogP) is 1.84. The summed E-state index contributed by atoms with van der Waals surface area (Å²) in [7, 11) is -4.03. The maximum Gasteiger partial charge on any atom is 0.294 e. The Morgan fingerprint density at radius 3 is 2.20 bits per heavy atom. The summed E-state index contributed by atoms with van der Waals surface area (Å²) in [6.45, 7) is 1.63. The molecule has 0 aliphatic carbocycles. The lowest BCUT2D eigenvalue weighted by atomic mass is 10.2. The Hall–Kier alpha value is -2.25. The summed E-state index contributed by atoms with van der Waals surface area (Å²) in [5, 5.41) is 8.67. The van der Waals surface area contributed by atoms with E-state index in [4.69, 9.17) is 9.66 Å². The summed E-state index contributed by atoms with van der Waals surface area (Å²) >= 11 is 0. The molecule has 106 valence electrons. The van der Waals surface area contributed by atoms with Crippen LogP contribution in [0.25, 0.3) is 0 Å². The first-order valence-electron chi connectivity index (χ1n) is 5.48. The Kier molecular flexibility index (Phi) is 5.36. The van der Waals surface area contributed by atoms with Crippen molar-refractivity contribution >= 4 is 16.4 Å². The van der Waals surface area contributed by atoms with Crippen molar-refractivity contribution < 1.29 is 22.9 Å². The van der Waals surface area contributed by atoms with Gasteiger partial charge in [0.25, 0.3) is 10.1 Å². The molecular weight excluding hydrogens is 282 g/mol. The Balaban J connectivity index is 0.000000204. The SMILES string of the molecule is Cc1ccccc1S(=O)(=O)O.O=Cc1ccc(O)cn1. The van der Waals surface area contributed by atoms with E-state index in [-0.39, 0.29) is 10.6 Å². The van der Waals surface area contributed by atoms with Gasteiger partial charge < -0.3 is 5.11 Å². The van der Waals surface area contributed by atoms with Crippen molar-refractivity contribution in [1.29, 1.82) is 0 Å². The van der Waals surface area contributed by atoms with Gasteiger partial charge in [-0.05, 0) is 30.7 Å². The van der Waals surface area contributed by atoms with E-state index in [2.05, 4.69) is 4.98 Å². The highest BCUT2D eigenvalue weighted by Crippen LogP contribution is 2.12. The standard InChI is InChI=1S/C7H8O3S.C6H5NO2/c1-6-4-2-3-5-7(6)11(8,9)10;8-4-5-1-2-6(9)3-7-5/h2-5H,1H3,(H,8,9,10);1-4,9H. The van der Waals surface area contributed by atoms with Crippen molar-refractivity contribution in [2.75, 3.05) is 0 Å². The van der Waals surface area contributed by atoms with Gasteiger partial charge in [0.15, 0.2) is 6.29 Å². The number of aldehydes is 1. The molecule has 0 saturated heterocycles. The average molecular weight is 295 g/mol. The largest absolute Gasteiger partial charge is 0.506 e. The van der Waals surface area contributed by atoms with Gasteiger partial charge in [-0.3, -0.25) is 9.35 Å². The first-order chi connectivity index (χ1) is 9.34. The van der Waals surface area contributed by atoms with Crippen molar-refractivity contribution in [3.8, 4) is 5.75 Å². The molecule has 1 aromatic carbocycles. The van der Waals surface area contributed by atoms with Gasteiger partial charge in [0, 0.05) is 0 Å². The fourth-order valence-corrected chi connectivity index (χ4v) is 2.04. The third-order valence-electron chi connectivity index (χ3n) is 2.26. The second-order valence-electron chi connectivity index (χ2n) is 3.80. The first kappa shape index (κ1) is 15.8. The lowest BCUT2D eigenvalue weighted by molar-refractivity contribution is 0.111. The van der Waals surface area contributed by atoms with Crippen LogP contribution in [-0.4, -0.2) is 29.3 Å². The molecule has 2 aromatic rings. The Labute approximate surface area is 116 Å². The van der Waals surface area contributed by atoms with Crippen LogP contribution in [0.2, 0.25) is 0 Å². The van der Waals surface area contributed by atoms with E-state index in [1.165, 1.54) is 24.4 Å². The molecule has 0 saturated carbocycles. The fourth-order valence-electron chi connectivity index (χ4n) is 1.31. The van der Waals surface area contributed by atoms with E-state index in [1.54, 1.807) is 25.1 Å². The summed E-state index contributed by atoms with van der Waals surface area (Å²) in [6.07, 6.45) is 1.85. The van der Waals surface area contributed by atoms with Gasteiger partial charge in [0.2, 0.25) is 0 Å². The van der Waals surface area contributed by atoms with Gasteiger partial charge in [-0.2, -0.15) is 8.42 Å². The molecule has 0 amide bonds. The highest BCUT2D eigenvalue weighted by Gasteiger charge is 2.10. The molecule has 0 fully saturated rings. The van der Waals surface area contributed by atoms with Crippen LogP contribution < -0.4 is 0 Å². The number of nitrogens with zero attached hydrogens (tertiary/aromatic N) is 1. The highest BCUT2D eigenvalue weighted by atomic mass is 32.2. The summed E-state index contributed by atoms with van der Waals surface area (Å²) in [5.74, 6) is 0.0700. The predicted molar refractivity (Wildman–Crippen MR) is 72.3 cm³/mol. The zero-order chi connectivity index (χ0) is 15.2. The zero-order valence-corrected chi connectivity index (χ0v) is 11.4. The molecule has 20 heavy (non-hydrogen) atoms. The number of carbonyl (C=O) groups is 1. The molecule has 7 heteroatoms. The summed E-state index contributed by atoms with van der Waals surface area (Å²) in [6, 6.07) is 9.13. The smallest absolute Gasteiger partial charge is 0.294 e. The summed E-state index contributed by atoms with van der Waals surface area (Å²) in [4.78, 5) is 13.5. The van der Waals surface area contributed by atoms with E-state index in [9.17, 15) is 13.2 Å². The van der Waals surface area contributed by atoms with E-state index >= 15 is 0 Å². The number of aromatic nitrogens is 1. The highest BCUT2D eigenvalue weighted by molar-refractivity contribution is 7.85. The number of aryl methyl sites for hydroxylation is 1. The second-order valence-corrected chi connectivity index (χ2v) is 5.19. The molecule has 0 aliphatic rings. The van der Waals surface area contributed by atoms with Crippen molar-refractivity contribution in [3.05, 3.63) is 53.9 Å². The fraction of sp³-hybridized carbons (Fsp3) is 0.0769. The first-order valence-corrected chi connectivity index (χ1v) is 6.92. The van der Waals surface area contributed by atoms with Gasteiger partial charge >= 0.3 is 0 Å². The lowest BCUT2D eigenvalue weighted by Crippen LogP contribution is -1.99. The summed E-state index contributed by atoms with van der Waals surface area (Å²) in [5.41, 5.74) is 0.878. The van der Waals surface area contributed by atoms with Crippen LogP contribution in [0.3, 0.4) is 0 Å². The number of hydrogen-bond acceptors (Lipinski definition) is 5. The average Bonchev–Trinajstić information content (AvgIpc) is 2.39. The number of carbonyl (C=O) groups excluding carboxylic acids is 1. The van der Waals surface area contributed by atoms with E-state index in [0.29, 0.717) is 17.5 Å². The minimum absolute atomic E-state index is 0.0278. The number of benzene rings is 1. The minimum Gasteiger partial charge on any atom is -0.506 e. The van der Waals surface area contributed by atoms with Crippen LogP contribution in [0.4, 0.5) is 0 Å². The molecule has 0 spiro atoms. The van der Waals surface area contributed by atoms with Gasteiger partial charge in [-0.25, -0.2) is 4.98 Å². The molecule has 0 bridgehead atoms. The van der Waals surface area contributed by atoms with Crippen LogP contribution in [0.5, 0.6) is 5.75 Å². The molecule has 6 nitrogen and oxygen atoms in total. The number of aromatic hydroxyl groups is 1. The Morgan fingerprint density at radius 2 is 1.80 bits per heavy atom. The molecular formula is C13H13NO5S. The van der Waals surface area contributed by atoms with E-state index < -0.39 is 10.1 Å². The number of hydrogen-bond donors (Lipinski definition) is 2. The van der Waals surface area contributed by atoms with Crippen LogP contribution in [0, 0.1) is 6.92 Å². The van der Waals surface area contributed by atoms with Crippen LogP contribution in [0.15, 0.2) is 47.5 Å². The van der Waals surface area contributed by atoms with Crippen molar-refractivity contribution in [3.63, 3.8) is 0 Å². The topological polar surface area (TPSA) is 105 Å². The number of pyridine rings is 1. The molecule has 1 heterocycles. The zero-order valence-electron chi connectivity index (χ0n) is 10.6. The molecule has 2 rings (SSSR count). The maximum absolute atomic E-state index is 10.6. The van der Waals surface area contributed by atoms with Crippen molar-refractivity contribution in [2.24, 2.45) is 0 Å².